The summed E-state index contributed by atoms with van der Waals surface area (Å²) in [5.41, 5.74) is 5.11. The topological polar surface area (TPSA) is 72.4 Å². The highest BCUT2D eigenvalue weighted by Gasteiger charge is 2.14. The lowest BCUT2D eigenvalue weighted by atomic mass is 10.1. The van der Waals surface area contributed by atoms with Crippen LogP contribution in [0.5, 0.6) is 0 Å². The largest absolute Gasteiger partial charge is 0.346 e. The zero-order valence-electron chi connectivity index (χ0n) is 15.6. The molecule has 1 aromatic carbocycles. The quantitative estimate of drug-likeness (QED) is 0.520. The van der Waals surface area contributed by atoms with Gasteiger partial charge in [-0.3, -0.25) is 4.40 Å². The Hall–Kier alpha value is -3.74. The lowest BCUT2D eigenvalue weighted by molar-refractivity contribution is 0.818. The first-order valence-corrected chi connectivity index (χ1v) is 9.15. The molecule has 1 N–H and O–H groups in total. The third-order valence-electron chi connectivity index (χ3n) is 4.89. The highest BCUT2D eigenvalue weighted by atomic mass is 15.3. The van der Waals surface area contributed by atoms with Crippen LogP contribution in [-0.2, 0) is 0 Å². The van der Waals surface area contributed by atoms with Crippen LogP contribution >= 0.6 is 0 Å². The summed E-state index contributed by atoms with van der Waals surface area (Å²) in [7, 11) is 0. The van der Waals surface area contributed by atoms with Gasteiger partial charge in [-0.25, -0.2) is 19.5 Å². The minimum atomic E-state index is 0.112. The van der Waals surface area contributed by atoms with Crippen molar-refractivity contribution in [3.05, 3.63) is 78.6 Å². The summed E-state index contributed by atoms with van der Waals surface area (Å²) in [5.74, 6) is 1.29. The van der Waals surface area contributed by atoms with Gasteiger partial charge in [-0.2, -0.15) is 0 Å². The molecule has 1 atom stereocenters. The van der Waals surface area contributed by atoms with Gasteiger partial charge in [0, 0.05) is 42.1 Å². The van der Waals surface area contributed by atoms with Gasteiger partial charge in [0.2, 0.25) is 11.7 Å². The predicted octanol–water partition coefficient (Wildman–Crippen LogP) is 3.92. The van der Waals surface area contributed by atoms with Crippen molar-refractivity contribution in [3.8, 4) is 11.1 Å². The van der Waals surface area contributed by atoms with Crippen molar-refractivity contribution in [2.75, 3.05) is 5.32 Å². The number of nitrogens with one attached hydrogen (secondary N) is 1. The number of rotatable bonds is 4. The SMILES string of the molecule is Cc1nc(N[C@H](C)c2ccccc2)nn2ccc(-c3cnc4nccn4c3)c12. The monoisotopic (exact) mass is 369 g/mol. The van der Waals surface area contributed by atoms with Gasteiger partial charge in [-0.05, 0) is 25.5 Å². The number of nitrogens with zero attached hydrogens (tertiary/aromatic N) is 6. The van der Waals surface area contributed by atoms with Crippen molar-refractivity contribution in [2.24, 2.45) is 0 Å². The number of hydrogen-bond acceptors (Lipinski definition) is 5. The standard InChI is InChI=1S/C21H19N7/c1-14(16-6-4-3-5-7-16)24-20-25-15(2)19-18(8-10-28(19)26-20)17-12-23-21-22-9-11-27(21)13-17/h3-14H,1-2H3,(H,24,26)/t14-/m1/s1. The van der Waals surface area contributed by atoms with Gasteiger partial charge >= 0.3 is 0 Å². The van der Waals surface area contributed by atoms with Crippen LogP contribution in [0.25, 0.3) is 22.4 Å². The van der Waals surface area contributed by atoms with Crippen LogP contribution in [0.1, 0.15) is 24.2 Å². The fourth-order valence-electron chi connectivity index (χ4n) is 3.47. The van der Waals surface area contributed by atoms with Gasteiger partial charge in [-0.1, -0.05) is 30.3 Å². The van der Waals surface area contributed by atoms with E-state index in [4.69, 9.17) is 4.98 Å². The Morgan fingerprint density at radius 1 is 1.04 bits per heavy atom. The first kappa shape index (κ1) is 16.4. The third-order valence-corrected chi connectivity index (χ3v) is 4.89. The number of aromatic nitrogens is 6. The van der Waals surface area contributed by atoms with Crippen molar-refractivity contribution >= 4 is 17.2 Å². The normalized spacial score (nSPS) is 12.5. The average molecular weight is 369 g/mol. The van der Waals surface area contributed by atoms with Crippen LogP contribution in [0.4, 0.5) is 5.95 Å². The Morgan fingerprint density at radius 3 is 2.75 bits per heavy atom. The third kappa shape index (κ3) is 2.77. The summed E-state index contributed by atoms with van der Waals surface area (Å²) < 4.78 is 3.78. The molecule has 0 saturated carbocycles. The van der Waals surface area contributed by atoms with Gasteiger partial charge in [-0.15, -0.1) is 5.10 Å². The Kier molecular flexibility index (Phi) is 3.79. The molecule has 0 aliphatic carbocycles. The maximum absolute atomic E-state index is 4.69. The zero-order valence-corrected chi connectivity index (χ0v) is 15.6. The number of fused-ring (bicyclic) bond motifs is 2. The predicted molar refractivity (Wildman–Crippen MR) is 108 cm³/mol. The van der Waals surface area contributed by atoms with Crippen LogP contribution in [0.3, 0.4) is 0 Å². The minimum absolute atomic E-state index is 0.112. The number of anilines is 1. The van der Waals surface area contributed by atoms with Gasteiger partial charge in [0.05, 0.1) is 17.3 Å². The smallest absolute Gasteiger partial charge is 0.241 e. The minimum Gasteiger partial charge on any atom is -0.346 e. The molecule has 0 unspecified atom stereocenters. The molecule has 0 aliphatic heterocycles. The summed E-state index contributed by atoms with van der Waals surface area (Å²) in [6.45, 7) is 4.10. The van der Waals surface area contributed by atoms with Gasteiger partial charge in [0.1, 0.15) is 0 Å². The summed E-state index contributed by atoms with van der Waals surface area (Å²) in [6.07, 6.45) is 9.44. The van der Waals surface area contributed by atoms with E-state index in [-0.39, 0.29) is 6.04 Å². The van der Waals surface area contributed by atoms with Gasteiger partial charge < -0.3 is 5.32 Å². The highest BCUT2D eigenvalue weighted by molar-refractivity contribution is 5.82. The van der Waals surface area contributed by atoms with Crippen LogP contribution in [-0.4, -0.2) is 29.0 Å². The first-order chi connectivity index (χ1) is 13.7. The maximum atomic E-state index is 4.69. The second-order valence-electron chi connectivity index (χ2n) is 6.80. The zero-order chi connectivity index (χ0) is 19.1. The molecule has 7 nitrogen and oxygen atoms in total. The second-order valence-corrected chi connectivity index (χ2v) is 6.80. The molecule has 5 aromatic rings. The van der Waals surface area contributed by atoms with E-state index < -0.39 is 0 Å². The lowest BCUT2D eigenvalue weighted by Gasteiger charge is -2.15. The molecule has 4 heterocycles. The fraction of sp³-hybridized carbons (Fsp3) is 0.143. The van der Waals surface area contributed by atoms with Crippen molar-refractivity contribution in [1.29, 1.82) is 0 Å². The Morgan fingerprint density at radius 2 is 1.89 bits per heavy atom. The van der Waals surface area contributed by atoms with E-state index >= 15 is 0 Å². The molecule has 0 aliphatic rings. The molecule has 0 spiro atoms. The molecule has 138 valence electrons. The van der Waals surface area contributed by atoms with E-state index in [0.717, 1.165) is 22.3 Å². The van der Waals surface area contributed by atoms with E-state index in [2.05, 4.69) is 39.4 Å². The number of benzene rings is 1. The Balaban J connectivity index is 1.52. The Labute approximate surface area is 161 Å². The lowest BCUT2D eigenvalue weighted by Crippen LogP contribution is -2.12. The van der Waals surface area contributed by atoms with E-state index in [1.807, 2.05) is 64.9 Å². The van der Waals surface area contributed by atoms with Crippen LogP contribution in [0.15, 0.2) is 67.4 Å². The average Bonchev–Trinajstić information content (AvgIpc) is 3.35. The van der Waals surface area contributed by atoms with Crippen molar-refractivity contribution < 1.29 is 0 Å². The molecule has 0 radical (unpaired) electrons. The number of hydrogen-bond donors (Lipinski definition) is 1. The molecule has 5 rings (SSSR count). The van der Waals surface area contributed by atoms with Crippen LogP contribution in [0.2, 0.25) is 0 Å². The first-order valence-electron chi connectivity index (χ1n) is 9.15. The second kappa shape index (κ2) is 6.45. The van der Waals surface area contributed by atoms with Crippen LogP contribution in [0, 0.1) is 6.92 Å². The van der Waals surface area contributed by atoms with Gasteiger partial charge in [0.25, 0.3) is 0 Å². The van der Waals surface area contributed by atoms with Crippen LogP contribution < -0.4 is 5.32 Å². The molecule has 4 aromatic heterocycles. The van der Waals surface area contributed by atoms with Crippen molar-refractivity contribution in [3.63, 3.8) is 0 Å². The summed E-state index contributed by atoms with van der Waals surface area (Å²) >= 11 is 0. The molecule has 28 heavy (non-hydrogen) atoms. The molecule has 0 saturated heterocycles. The van der Waals surface area contributed by atoms with E-state index in [1.165, 1.54) is 5.56 Å². The summed E-state index contributed by atoms with van der Waals surface area (Å²) in [6, 6.07) is 12.4. The van der Waals surface area contributed by atoms with E-state index in [9.17, 15) is 0 Å². The number of imidazole rings is 1. The van der Waals surface area contributed by atoms with E-state index in [0.29, 0.717) is 11.7 Å². The maximum Gasteiger partial charge on any atom is 0.241 e. The molecule has 0 bridgehead atoms. The number of aryl methyl sites for hydroxylation is 1. The molecule has 7 heteroatoms. The molecule has 0 fully saturated rings. The Bertz CT molecular complexity index is 1270. The summed E-state index contributed by atoms with van der Waals surface area (Å²) in [4.78, 5) is 13.3. The molecular formula is C21H19N7. The summed E-state index contributed by atoms with van der Waals surface area (Å²) in [5, 5.41) is 8.05. The highest BCUT2D eigenvalue weighted by Crippen LogP contribution is 2.27. The van der Waals surface area contributed by atoms with Crippen molar-refractivity contribution in [1.82, 2.24) is 29.0 Å². The van der Waals surface area contributed by atoms with Crippen molar-refractivity contribution in [2.45, 2.75) is 19.9 Å². The fourth-order valence-corrected chi connectivity index (χ4v) is 3.47. The van der Waals surface area contributed by atoms with Gasteiger partial charge in [0.15, 0.2) is 0 Å². The van der Waals surface area contributed by atoms with E-state index in [1.54, 1.807) is 6.20 Å². The molecule has 0 amide bonds. The molecular weight excluding hydrogens is 350 g/mol.